The Kier molecular flexibility index (Phi) is 10.6. The predicted octanol–water partition coefficient (Wildman–Crippen LogP) is 4.45. The lowest BCUT2D eigenvalue weighted by molar-refractivity contribution is -0.130. The Balaban J connectivity index is 2.13. The molecule has 8 heteroatoms. The van der Waals surface area contributed by atoms with Gasteiger partial charge in [0.05, 0.1) is 0 Å². The van der Waals surface area contributed by atoms with E-state index in [1.54, 1.807) is 7.05 Å². The zero-order chi connectivity index (χ0) is 24.4. The summed E-state index contributed by atoms with van der Waals surface area (Å²) in [5.41, 5.74) is 1.90. The molecular weight excluding hydrogens is 437 g/mol. The third-order valence-corrected chi connectivity index (χ3v) is 8.00. The molecule has 2 rings (SSSR count). The van der Waals surface area contributed by atoms with Crippen molar-refractivity contribution < 1.29 is 19.0 Å². The highest BCUT2D eigenvalue weighted by molar-refractivity contribution is 7.58. The third-order valence-electron chi connectivity index (χ3n) is 5.97. The first kappa shape index (κ1) is 27.1. The van der Waals surface area contributed by atoms with Crippen molar-refractivity contribution in [1.82, 2.24) is 15.6 Å². The van der Waals surface area contributed by atoms with Gasteiger partial charge in [0.15, 0.2) is 0 Å². The number of rotatable bonds is 14. The number of H-pyrrole nitrogens is 1. The van der Waals surface area contributed by atoms with Gasteiger partial charge in [-0.2, -0.15) is 0 Å². The molecular formula is C25H40N3O4P. The van der Waals surface area contributed by atoms with E-state index < -0.39 is 19.3 Å². The van der Waals surface area contributed by atoms with Gasteiger partial charge in [-0.1, -0.05) is 58.2 Å². The number of hydrogen-bond acceptors (Lipinski definition) is 3. The van der Waals surface area contributed by atoms with Crippen molar-refractivity contribution in [1.29, 1.82) is 0 Å². The normalized spacial score (nSPS) is 15.2. The summed E-state index contributed by atoms with van der Waals surface area (Å²) in [6.07, 6.45) is 6.60. The first-order valence-corrected chi connectivity index (χ1v) is 14.1. The molecule has 0 saturated heterocycles. The number of aromatic amines is 1. The molecule has 33 heavy (non-hydrogen) atoms. The number of likely N-dealkylation sites (N-methyl/N-ethyl adjacent to an activating group) is 1. The standard InChI is InChI=1S/C25H40N3O4P/c1-5-6-7-10-13-33(31,32)17-20(14-18(2)3)24(29)28-23(25(30)26-4)15-19-16-27-22-12-9-8-11-21(19)22/h8-9,11-12,16,18,20,23,27H,5-7,10,13-15,17H2,1-4H3,(H,26,30)(H,28,29)(H,31,32). The third kappa shape index (κ3) is 8.63. The van der Waals surface area contributed by atoms with Crippen LogP contribution in [0.25, 0.3) is 10.9 Å². The molecule has 184 valence electrons. The Morgan fingerprint density at radius 2 is 1.85 bits per heavy atom. The highest BCUT2D eigenvalue weighted by atomic mass is 31.2. The quantitative estimate of drug-likeness (QED) is 0.238. The molecule has 0 saturated carbocycles. The molecule has 3 unspecified atom stereocenters. The van der Waals surface area contributed by atoms with Crippen molar-refractivity contribution in [2.45, 2.75) is 65.3 Å². The fourth-order valence-electron chi connectivity index (χ4n) is 4.25. The molecule has 1 heterocycles. The van der Waals surface area contributed by atoms with Crippen LogP contribution in [-0.4, -0.2) is 47.1 Å². The van der Waals surface area contributed by atoms with E-state index in [1.807, 2.05) is 44.3 Å². The van der Waals surface area contributed by atoms with Crippen LogP contribution >= 0.6 is 7.37 Å². The van der Waals surface area contributed by atoms with Gasteiger partial charge in [0, 0.05) is 48.8 Å². The number of fused-ring (bicyclic) bond motifs is 1. The minimum absolute atomic E-state index is 0.0450. The number of hydrogen-bond donors (Lipinski definition) is 4. The first-order chi connectivity index (χ1) is 15.7. The van der Waals surface area contributed by atoms with E-state index in [2.05, 4.69) is 22.5 Å². The van der Waals surface area contributed by atoms with E-state index in [9.17, 15) is 19.0 Å². The first-order valence-electron chi connectivity index (χ1n) is 12.0. The maximum Gasteiger partial charge on any atom is 0.242 e. The van der Waals surface area contributed by atoms with E-state index in [-0.39, 0.29) is 30.1 Å². The van der Waals surface area contributed by atoms with Crippen molar-refractivity contribution in [3.63, 3.8) is 0 Å². The highest BCUT2D eigenvalue weighted by Gasteiger charge is 2.32. The number of carbonyl (C=O) groups is 2. The molecule has 0 aliphatic heterocycles. The van der Waals surface area contributed by atoms with Gasteiger partial charge in [0.1, 0.15) is 6.04 Å². The van der Waals surface area contributed by atoms with Crippen LogP contribution in [0.2, 0.25) is 0 Å². The molecule has 2 amide bonds. The van der Waals surface area contributed by atoms with E-state index in [0.717, 1.165) is 35.7 Å². The summed E-state index contributed by atoms with van der Waals surface area (Å²) in [4.78, 5) is 39.6. The predicted molar refractivity (Wildman–Crippen MR) is 135 cm³/mol. The van der Waals surface area contributed by atoms with Gasteiger partial charge >= 0.3 is 0 Å². The Bertz CT molecular complexity index is 956. The van der Waals surface area contributed by atoms with Crippen molar-refractivity contribution in [2.24, 2.45) is 11.8 Å². The topological polar surface area (TPSA) is 111 Å². The molecule has 0 bridgehead atoms. The van der Waals surface area contributed by atoms with Crippen molar-refractivity contribution in [3.8, 4) is 0 Å². The van der Waals surface area contributed by atoms with Gasteiger partial charge in [-0.25, -0.2) is 0 Å². The van der Waals surface area contributed by atoms with Gasteiger partial charge < -0.3 is 20.5 Å². The Morgan fingerprint density at radius 3 is 2.52 bits per heavy atom. The molecule has 1 aromatic heterocycles. The smallest absolute Gasteiger partial charge is 0.242 e. The number of unbranched alkanes of at least 4 members (excludes halogenated alkanes) is 3. The Hall–Kier alpha value is -2.11. The molecule has 0 aliphatic rings. The molecule has 7 nitrogen and oxygen atoms in total. The highest BCUT2D eigenvalue weighted by Crippen LogP contribution is 2.44. The maximum atomic E-state index is 13.2. The van der Waals surface area contributed by atoms with E-state index in [1.165, 1.54) is 0 Å². The number of para-hydroxylation sites is 1. The van der Waals surface area contributed by atoms with Crippen LogP contribution in [0.4, 0.5) is 0 Å². The summed E-state index contributed by atoms with van der Waals surface area (Å²) in [6.45, 7) is 6.08. The van der Waals surface area contributed by atoms with Gasteiger partial charge in [0.25, 0.3) is 0 Å². The Morgan fingerprint density at radius 1 is 1.12 bits per heavy atom. The van der Waals surface area contributed by atoms with Crippen LogP contribution in [0, 0.1) is 11.8 Å². The Labute approximate surface area is 197 Å². The molecule has 0 spiro atoms. The van der Waals surface area contributed by atoms with Crippen LogP contribution in [0.3, 0.4) is 0 Å². The minimum atomic E-state index is -3.43. The summed E-state index contributed by atoms with van der Waals surface area (Å²) < 4.78 is 12.8. The van der Waals surface area contributed by atoms with Crippen molar-refractivity contribution in [2.75, 3.05) is 19.4 Å². The summed E-state index contributed by atoms with van der Waals surface area (Å²) in [5, 5.41) is 6.51. The second-order valence-electron chi connectivity index (χ2n) is 9.38. The van der Waals surface area contributed by atoms with Gasteiger partial charge in [-0.15, -0.1) is 0 Å². The number of nitrogens with one attached hydrogen (secondary N) is 3. The van der Waals surface area contributed by atoms with Crippen molar-refractivity contribution in [3.05, 3.63) is 36.0 Å². The van der Waals surface area contributed by atoms with E-state index in [0.29, 0.717) is 19.3 Å². The number of benzene rings is 1. The lowest BCUT2D eigenvalue weighted by Crippen LogP contribution is -2.49. The molecule has 3 atom stereocenters. The van der Waals surface area contributed by atoms with Gasteiger partial charge in [-0.3, -0.25) is 14.2 Å². The van der Waals surface area contributed by atoms with Crippen molar-refractivity contribution >= 4 is 30.1 Å². The molecule has 4 N–H and O–H groups in total. The van der Waals surface area contributed by atoms with Crippen LogP contribution in [0.5, 0.6) is 0 Å². The minimum Gasteiger partial charge on any atom is -0.361 e. The SMILES string of the molecule is CCCCCCP(=O)(O)CC(CC(C)C)C(=O)NC(Cc1c[nH]c2ccccc12)C(=O)NC. The average Bonchev–Trinajstić information content (AvgIpc) is 3.17. The zero-order valence-electron chi connectivity index (χ0n) is 20.4. The van der Waals surface area contributed by atoms with Gasteiger partial charge in [-0.05, 0) is 30.4 Å². The molecule has 1 aromatic carbocycles. The molecule has 0 fully saturated rings. The monoisotopic (exact) mass is 477 g/mol. The maximum absolute atomic E-state index is 13.2. The number of carbonyl (C=O) groups excluding carboxylic acids is 2. The van der Waals surface area contributed by atoms with Crippen LogP contribution < -0.4 is 10.6 Å². The fraction of sp³-hybridized carbons (Fsp3) is 0.600. The molecule has 0 aliphatic carbocycles. The summed E-state index contributed by atoms with van der Waals surface area (Å²) in [5.74, 6) is -1.04. The average molecular weight is 478 g/mol. The van der Waals surface area contributed by atoms with E-state index >= 15 is 0 Å². The summed E-state index contributed by atoms with van der Waals surface area (Å²) in [6, 6.07) is 7.05. The molecule has 2 aromatic rings. The fourth-order valence-corrected chi connectivity index (χ4v) is 6.15. The summed E-state index contributed by atoms with van der Waals surface area (Å²) >= 11 is 0. The largest absolute Gasteiger partial charge is 0.361 e. The molecule has 0 radical (unpaired) electrons. The van der Waals surface area contributed by atoms with Crippen LogP contribution in [0.15, 0.2) is 30.5 Å². The van der Waals surface area contributed by atoms with Crippen LogP contribution in [0.1, 0.15) is 58.4 Å². The zero-order valence-corrected chi connectivity index (χ0v) is 21.3. The second-order valence-corrected chi connectivity index (χ2v) is 11.9. The lowest BCUT2D eigenvalue weighted by atomic mass is 9.97. The van der Waals surface area contributed by atoms with Crippen LogP contribution in [-0.2, 0) is 20.6 Å². The number of aromatic nitrogens is 1. The number of amides is 2. The summed E-state index contributed by atoms with van der Waals surface area (Å²) in [7, 11) is -1.89. The second kappa shape index (κ2) is 13.0. The lowest BCUT2D eigenvalue weighted by Gasteiger charge is -2.24. The van der Waals surface area contributed by atoms with Gasteiger partial charge in [0.2, 0.25) is 19.2 Å². The van der Waals surface area contributed by atoms with E-state index in [4.69, 9.17) is 0 Å².